The van der Waals surface area contributed by atoms with E-state index in [-0.39, 0.29) is 0 Å². The van der Waals surface area contributed by atoms with E-state index in [9.17, 15) is 13.0 Å². The maximum atomic E-state index is 11.8. The fraction of sp³-hybridized carbons (Fsp3) is 0.167. The van der Waals surface area contributed by atoms with E-state index in [1.807, 2.05) is 60.7 Å². The number of anilines is 3. The van der Waals surface area contributed by atoms with Crippen molar-refractivity contribution < 1.29 is 22.4 Å². The molecule has 1 aromatic heterocycles. The fourth-order valence-corrected chi connectivity index (χ4v) is 6.14. The number of rotatable bonds is 10. The van der Waals surface area contributed by atoms with E-state index in [0.717, 1.165) is 61.5 Å². The summed E-state index contributed by atoms with van der Waals surface area (Å²) in [6.45, 7) is 1.99. The molecule has 0 amide bonds. The minimum atomic E-state index is -4.12. The molecule has 1 N–H and O–H groups in total. The minimum absolute atomic E-state index is 0.290. The third-order valence-electron chi connectivity index (χ3n) is 8.16. The smallest absolute Gasteiger partial charge is 0.267 e. The molecule has 6 rings (SSSR count). The van der Waals surface area contributed by atoms with Crippen molar-refractivity contribution >= 4 is 49.0 Å². The molecule has 0 radical (unpaired) electrons. The molecule has 0 aliphatic heterocycles. The van der Waals surface area contributed by atoms with E-state index in [0.29, 0.717) is 13.0 Å². The van der Waals surface area contributed by atoms with Gasteiger partial charge in [0.2, 0.25) is 0 Å². The Morgan fingerprint density at radius 2 is 1.23 bits per heavy atom. The number of ether oxygens (including phenoxy) is 2. The van der Waals surface area contributed by atoms with Crippen molar-refractivity contribution in [3.05, 3.63) is 115 Å². The Hall–Kier alpha value is -4.79. The van der Waals surface area contributed by atoms with Crippen LogP contribution in [0.15, 0.2) is 115 Å². The van der Waals surface area contributed by atoms with E-state index < -0.39 is 15.4 Å². The standard InChI is InChI=1S/C36H34N2O5S/c1-25(44(39,40)41)23-24-37-35-10-5-4-7-33(35)34-9-6-8-32(36(34)37)26-11-13-27(14-12-26)38(28-15-19-30(42-2)20-16-28)29-17-21-31(43-3)22-18-29/h4-22,25H,23-24H2,1-3H3,(H,39,40,41). The van der Waals surface area contributed by atoms with E-state index in [1.165, 1.54) is 0 Å². The monoisotopic (exact) mass is 606 g/mol. The number of nitrogens with zero attached hydrogens (tertiary/aromatic N) is 2. The predicted octanol–water partition coefficient (Wildman–Crippen LogP) is 8.61. The lowest BCUT2D eigenvalue weighted by atomic mass is 10.0. The van der Waals surface area contributed by atoms with Crippen LogP contribution in [0, 0.1) is 0 Å². The van der Waals surface area contributed by atoms with Crippen LogP contribution in [0.3, 0.4) is 0 Å². The molecule has 0 aliphatic carbocycles. The summed E-state index contributed by atoms with van der Waals surface area (Å²) in [6, 6.07) is 38.8. The Balaban J connectivity index is 1.44. The molecule has 0 aliphatic rings. The number of para-hydroxylation sites is 2. The molecule has 1 unspecified atom stereocenters. The molecular weight excluding hydrogens is 572 g/mol. The third-order valence-corrected chi connectivity index (χ3v) is 9.41. The molecule has 0 fully saturated rings. The highest BCUT2D eigenvalue weighted by Gasteiger charge is 2.20. The van der Waals surface area contributed by atoms with E-state index in [2.05, 4.69) is 64.1 Å². The quantitative estimate of drug-likeness (QED) is 0.157. The first kappa shape index (κ1) is 29.3. The van der Waals surface area contributed by atoms with Crippen LogP contribution < -0.4 is 14.4 Å². The maximum absolute atomic E-state index is 11.8. The Morgan fingerprint density at radius 1 is 0.705 bits per heavy atom. The van der Waals surface area contributed by atoms with Gasteiger partial charge in [0.1, 0.15) is 11.5 Å². The van der Waals surface area contributed by atoms with Gasteiger partial charge in [-0.1, -0.05) is 48.5 Å². The lowest BCUT2D eigenvalue weighted by Crippen LogP contribution is -2.18. The summed E-state index contributed by atoms with van der Waals surface area (Å²) in [4.78, 5) is 2.18. The SMILES string of the molecule is COc1ccc(N(c2ccc(OC)cc2)c2ccc(-c3cccc4c5ccccc5n(CCC(C)S(=O)(=O)O)c34)cc2)cc1. The summed E-state index contributed by atoms with van der Waals surface area (Å²) < 4.78 is 46.1. The van der Waals surface area contributed by atoms with Gasteiger partial charge in [-0.25, -0.2) is 0 Å². The van der Waals surface area contributed by atoms with Gasteiger partial charge in [0, 0.05) is 45.5 Å². The molecule has 1 atom stereocenters. The molecule has 0 bridgehead atoms. The molecular formula is C36H34N2O5S. The minimum Gasteiger partial charge on any atom is -0.497 e. The van der Waals surface area contributed by atoms with Gasteiger partial charge in [-0.2, -0.15) is 8.42 Å². The van der Waals surface area contributed by atoms with Crippen LogP contribution in [0.1, 0.15) is 13.3 Å². The molecule has 224 valence electrons. The highest BCUT2D eigenvalue weighted by Crippen LogP contribution is 2.40. The number of benzene rings is 5. The Labute approximate surface area is 257 Å². The number of aromatic nitrogens is 1. The largest absolute Gasteiger partial charge is 0.497 e. The lowest BCUT2D eigenvalue weighted by Gasteiger charge is -2.26. The number of aryl methyl sites for hydroxylation is 1. The van der Waals surface area contributed by atoms with Crippen molar-refractivity contribution in [2.24, 2.45) is 0 Å². The van der Waals surface area contributed by atoms with Crippen molar-refractivity contribution in [2.75, 3.05) is 19.1 Å². The van der Waals surface area contributed by atoms with Crippen molar-refractivity contribution in [1.29, 1.82) is 0 Å². The molecule has 0 saturated heterocycles. The number of hydrogen-bond acceptors (Lipinski definition) is 5. The lowest BCUT2D eigenvalue weighted by molar-refractivity contribution is 0.415. The van der Waals surface area contributed by atoms with E-state index in [4.69, 9.17) is 9.47 Å². The van der Waals surface area contributed by atoms with Crippen molar-refractivity contribution in [3.8, 4) is 22.6 Å². The summed E-state index contributed by atoms with van der Waals surface area (Å²) in [5, 5.41) is 1.33. The molecule has 5 aromatic carbocycles. The number of hydrogen-bond donors (Lipinski definition) is 1. The first-order valence-electron chi connectivity index (χ1n) is 14.4. The van der Waals surface area contributed by atoms with Crippen LogP contribution in [-0.2, 0) is 16.7 Å². The van der Waals surface area contributed by atoms with Crippen molar-refractivity contribution in [2.45, 2.75) is 25.1 Å². The fourth-order valence-electron chi connectivity index (χ4n) is 5.73. The summed E-state index contributed by atoms with van der Waals surface area (Å²) in [6.07, 6.45) is 0.290. The van der Waals surface area contributed by atoms with Gasteiger partial charge in [-0.05, 0) is 85.6 Å². The molecule has 6 aromatic rings. The van der Waals surface area contributed by atoms with Crippen molar-refractivity contribution in [1.82, 2.24) is 4.57 Å². The predicted molar refractivity (Wildman–Crippen MR) is 178 cm³/mol. The van der Waals surface area contributed by atoms with Gasteiger partial charge in [0.25, 0.3) is 10.1 Å². The van der Waals surface area contributed by atoms with Gasteiger partial charge < -0.3 is 18.9 Å². The van der Waals surface area contributed by atoms with Gasteiger partial charge >= 0.3 is 0 Å². The molecule has 0 saturated carbocycles. The van der Waals surface area contributed by atoms with Crippen LogP contribution in [0.4, 0.5) is 17.1 Å². The summed E-state index contributed by atoms with van der Waals surface area (Å²) in [5.74, 6) is 1.57. The van der Waals surface area contributed by atoms with Crippen LogP contribution in [0.25, 0.3) is 32.9 Å². The van der Waals surface area contributed by atoms with E-state index >= 15 is 0 Å². The van der Waals surface area contributed by atoms with Crippen LogP contribution >= 0.6 is 0 Å². The zero-order valence-corrected chi connectivity index (χ0v) is 25.7. The van der Waals surface area contributed by atoms with Gasteiger partial charge in [-0.15, -0.1) is 0 Å². The average Bonchev–Trinajstić information content (AvgIpc) is 3.38. The Bertz CT molecular complexity index is 1970. The highest BCUT2D eigenvalue weighted by molar-refractivity contribution is 7.86. The summed E-state index contributed by atoms with van der Waals surface area (Å²) in [5.41, 5.74) is 7.10. The maximum Gasteiger partial charge on any atom is 0.267 e. The van der Waals surface area contributed by atoms with Gasteiger partial charge in [-0.3, -0.25) is 4.55 Å². The third kappa shape index (κ3) is 5.62. The summed E-state index contributed by atoms with van der Waals surface area (Å²) in [7, 11) is -0.810. The number of fused-ring (bicyclic) bond motifs is 3. The Morgan fingerprint density at radius 3 is 1.77 bits per heavy atom. The second-order valence-corrected chi connectivity index (χ2v) is 12.6. The van der Waals surface area contributed by atoms with Crippen LogP contribution in [0.2, 0.25) is 0 Å². The van der Waals surface area contributed by atoms with Crippen molar-refractivity contribution in [3.63, 3.8) is 0 Å². The van der Waals surface area contributed by atoms with Crippen LogP contribution in [0.5, 0.6) is 11.5 Å². The first-order valence-corrected chi connectivity index (χ1v) is 15.9. The highest BCUT2D eigenvalue weighted by atomic mass is 32.2. The first-order chi connectivity index (χ1) is 21.3. The molecule has 7 nitrogen and oxygen atoms in total. The zero-order chi connectivity index (χ0) is 30.8. The second-order valence-electron chi connectivity index (χ2n) is 10.8. The van der Waals surface area contributed by atoms with Crippen LogP contribution in [-0.4, -0.2) is 37.0 Å². The normalized spacial score (nSPS) is 12.4. The number of methoxy groups -OCH3 is 2. The second kappa shape index (κ2) is 12.1. The molecule has 44 heavy (non-hydrogen) atoms. The Kier molecular flexibility index (Phi) is 8.03. The summed E-state index contributed by atoms with van der Waals surface area (Å²) >= 11 is 0. The molecule has 0 spiro atoms. The topological polar surface area (TPSA) is 81.0 Å². The van der Waals surface area contributed by atoms with E-state index in [1.54, 1.807) is 21.1 Å². The van der Waals surface area contributed by atoms with Gasteiger partial charge in [0.05, 0.1) is 25.0 Å². The molecule has 1 heterocycles. The molecule has 8 heteroatoms. The van der Waals surface area contributed by atoms with Gasteiger partial charge in [0.15, 0.2) is 0 Å². The zero-order valence-electron chi connectivity index (χ0n) is 24.8. The average molecular weight is 607 g/mol.